The van der Waals surface area contributed by atoms with Crippen molar-refractivity contribution >= 4 is 28.6 Å². The van der Waals surface area contributed by atoms with E-state index in [9.17, 15) is 0 Å². The van der Waals surface area contributed by atoms with Crippen molar-refractivity contribution < 1.29 is 0 Å². The molecule has 0 saturated heterocycles. The zero-order valence-corrected chi connectivity index (χ0v) is 11.3. The fourth-order valence-corrected chi connectivity index (χ4v) is 2.48. The number of hydrogen-bond acceptors (Lipinski definition) is 0. The van der Waals surface area contributed by atoms with E-state index >= 15 is 0 Å². The van der Waals surface area contributed by atoms with Gasteiger partial charge in [-0.2, -0.15) is 0 Å². The van der Waals surface area contributed by atoms with Gasteiger partial charge in [0, 0.05) is 28.2 Å². The highest BCUT2D eigenvalue weighted by molar-refractivity contribution is 6.30. The second kappa shape index (κ2) is 4.94. The molecule has 0 atom stereocenters. The van der Waals surface area contributed by atoms with Crippen LogP contribution in [0.25, 0.3) is 17.0 Å². The minimum absolute atomic E-state index is 0.769. The van der Waals surface area contributed by atoms with Gasteiger partial charge in [0.25, 0.3) is 0 Å². The maximum absolute atomic E-state index is 5.92. The van der Waals surface area contributed by atoms with Crippen LogP contribution >= 0.6 is 11.6 Å². The Balaban J connectivity index is 2.08. The average Bonchev–Trinajstić information content (AvgIpc) is 2.79. The topological polar surface area (TPSA) is 4.93 Å². The lowest BCUT2D eigenvalue weighted by atomic mass is 10.2. The molecule has 1 heterocycles. The highest BCUT2D eigenvalue weighted by atomic mass is 35.5. The summed E-state index contributed by atoms with van der Waals surface area (Å²) in [5.74, 6) is 0. The predicted octanol–water partition coefficient (Wildman–Crippen LogP) is 4.99. The highest BCUT2D eigenvalue weighted by Gasteiger charge is 2.06. The van der Waals surface area contributed by atoms with Crippen molar-refractivity contribution in [2.75, 3.05) is 0 Å². The van der Waals surface area contributed by atoms with Gasteiger partial charge in [-0.3, -0.25) is 0 Å². The molecule has 0 unspecified atom stereocenters. The van der Waals surface area contributed by atoms with E-state index in [-0.39, 0.29) is 0 Å². The number of halogens is 1. The van der Waals surface area contributed by atoms with Gasteiger partial charge in [-0.1, -0.05) is 48.5 Å². The summed E-state index contributed by atoms with van der Waals surface area (Å²) in [6.45, 7) is 4.73. The van der Waals surface area contributed by atoms with Gasteiger partial charge in [-0.15, -0.1) is 0 Å². The summed E-state index contributed by atoms with van der Waals surface area (Å²) in [4.78, 5) is 0. The van der Waals surface area contributed by atoms with E-state index < -0.39 is 0 Å². The molecule has 0 saturated carbocycles. The third-order valence-corrected chi connectivity index (χ3v) is 3.56. The third-order valence-electron chi connectivity index (χ3n) is 3.31. The number of fused-ring (bicyclic) bond motifs is 1. The van der Waals surface area contributed by atoms with Crippen molar-refractivity contribution in [3.05, 3.63) is 77.5 Å². The first-order valence-electron chi connectivity index (χ1n) is 6.23. The summed E-state index contributed by atoms with van der Waals surface area (Å²) in [5.41, 5.74) is 3.59. The van der Waals surface area contributed by atoms with Gasteiger partial charge in [0.15, 0.2) is 0 Å². The molecular weight excluding hydrogens is 254 g/mol. The molecule has 94 valence electrons. The molecule has 3 rings (SSSR count). The molecule has 0 spiro atoms. The summed E-state index contributed by atoms with van der Waals surface area (Å²) < 4.78 is 2.27. The Kier molecular flexibility index (Phi) is 3.14. The number of rotatable bonds is 3. The van der Waals surface area contributed by atoms with Crippen molar-refractivity contribution in [2.45, 2.75) is 6.54 Å². The maximum Gasteiger partial charge on any atom is 0.0488 e. The van der Waals surface area contributed by atoms with Crippen molar-refractivity contribution in [2.24, 2.45) is 0 Å². The highest BCUT2D eigenvalue weighted by Crippen LogP contribution is 2.22. The van der Waals surface area contributed by atoms with Crippen LogP contribution in [-0.4, -0.2) is 4.57 Å². The second-order valence-electron chi connectivity index (χ2n) is 4.54. The Morgan fingerprint density at radius 1 is 1.05 bits per heavy atom. The van der Waals surface area contributed by atoms with Gasteiger partial charge < -0.3 is 4.57 Å². The second-order valence-corrected chi connectivity index (χ2v) is 4.98. The van der Waals surface area contributed by atoms with Crippen LogP contribution in [0.2, 0.25) is 5.02 Å². The first kappa shape index (κ1) is 12.1. The molecule has 19 heavy (non-hydrogen) atoms. The Hall–Kier alpha value is -1.99. The van der Waals surface area contributed by atoms with Crippen LogP contribution in [-0.2, 0) is 6.54 Å². The van der Waals surface area contributed by atoms with Gasteiger partial charge in [0.2, 0.25) is 0 Å². The number of para-hydroxylation sites is 1. The lowest BCUT2D eigenvalue weighted by molar-refractivity contribution is 0.828. The molecule has 0 fully saturated rings. The third kappa shape index (κ3) is 2.29. The van der Waals surface area contributed by atoms with Crippen LogP contribution in [0.5, 0.6) is 0 Å². The Morgan fingerprint density at radius 2 is 1.79 bits per heavy atom. The minimum Gasteiger partial charge on any atom is -0.337 e. The number of hydrogen-bond donors (Lipinski definition) is 0. The van der Waals surface area contributed by atoms with Crippen LogP contribution in [0, 0.1) is 0 Å². The summed E-state index contributed by atoms with van der Waals surface area (Å²) >= 11 is 5.92. The fraction of sp³-hybridized carbons (Fsp3) is 0.0588. The van der Waals surface area contributed by atoms with E-state index in [4.69, 9.17) is 11.6 Å². The first-order chi connectivity index (χ1) is 9.28. The maximum atomic E-state index is 5.92. The zero-order valence-electron chi connectivity index (χ0n) is 10.5. The zero-order chi connectivity index (χ0) is 13.2. The summed E-state index contributed by atoms with van der Waals surface area (Å²) in [5, 5.41) is 2.01. The lowest BCUT2D eigenvalue weighted by Crippen LogP contribution is -2.01. The van der Waals surface area contributed by atoms with Crippen LogP contribution in [0.15, 0.2) is 61.2 Å². The number of aromatic nitrogens is 1. The van der Waals surface area contributed by atoms with Crippen molar-refractivity contribution in [3.8, 4) is 0 Å². The van der Waals surface area contributed by atoms with E-state index in [0.717, 1.165) is 17.3 Å². The van der Waals surface area contributed by atoms with Crippen molar-refractivity contribution in [1.82, 2.24) is 4.57 Å². The first-order valence-corrected chi connectivity index (χ1v) is 6.61. The SMILES string of the molecule is C=Cc1cc2ccccc2n1Cc1ccc(Cl)cc1. The molecular formula is C17H14ClN. The fourth-order valence-electron chi connectivity index (χ4n) is 2.35. The molecule has 0 radical (unpaired) electrons. The largest absolute Gasteiger partial charge is 0.337 e. The average molecular weight is 268 g/mol. The number of nitrogens with zero attached hydrogens (tertiary/aromatic N) is 1. The van der Waals surface area contributed by atoms with E-state index in [2.05, 4.69) is 53.6 Å². The molecule has 1 nitrogen and oxygen atoms in total. The van der Waals surface area contributed by atoms with Crippen LogP contribution < -0.4 is 0 Å². The van der Waals surface area contributed by atoms with Gasteiger partial charge in [-0.25, -0.2) is 0 Å². The molecule has 2 heteroatoms. The molecule has 1 aromatic heterocycles. The quantitative estimate of drug-likeness (QED) is 0.630. The molecule has 0 N–H and O–H groups in total. The van der Waals surface area contributed by atoms with Crippen molar-refractivity contribution in [3.63, 3.8) is 0 Å². The van der Waals surface area contributed by atoms with E-state index in [1.54, 1.807) is 0 Å². The predicted molar refractivity (Wildman–Crippen MR) is 82.6 cm³/mol. The van der Waals surface area contributed by atoms with Gasteiger partial charge in [0.1, 0.15) is 0 Å². The smallest absolute Gasteiger partial charge is 0.0488 e. The van der Waals surface area contributed by atoms with Gasteiger partial charge >= 0.3 is 0 Å². The molecule has 0 aliphatic rings. The Morgan fingerprint density at radius 3 is 2.53 bits per heavy atom. The normalized spacial score (nSPS) is 10.8. The standard InChI is InChI=1S/C17H14ClN/c1-2-16-11-14-5-3-4-6-17(14)19(16)12-13-7-9-15(18)10-8-13/h2-11H,1,12H2. The van der Waals surface area contributed by atoms with Crippen LogP contribution in [0.3, 0.4) is 0 Å². The van der Waals surface area contributed by atoms with Gasteiger partial charge in [-0.05, 0) is 35.9 Å². The summed E-state index contributed by atoms with van der Waals surface area (Å²) in [6, 6.07) is 18.5. The van der Waals surface area contributed by atoms with Gasteiger partial charge in [0.05, 0.1) is 0 Å². The molecule has 0 bridgehead atoms. The van der Waals surface area contributed by atoms with Crippen molar-refractivity contribution in [1.29, 1.82) is 0 Å². The number of benzene rings is 2. The summed E-state index contributed by atoms with van der Waals surface area (Å²) in [7, 11) is 0. The van der Waals surface area contributed by atoms with E-state index in [1.807, 2.05) is 18.2 Å². The van der Waals surface area contributed by atoms with Crippen LogP contribution in [0.1, 0.15) is 11.3 Å². The monoisotopic (exact) mass is 267 g/mol. The Bertz CT molecular complexity index is 723. The minimum atomic E-state index is 0.769. The summed E-state index contributed by atoms with van der Waals surface area (Å²) in [6.07, 6.45) is 1.90. The Labute approximate surface area is 117 Å². The molecule has 0 amide bonds. The van der Waals surface area contributed by atoms with Crippen LogP contribution in [0.4, 0.5) is 0 Å². The molecule has 2 aromatic carbocycles. The molecule has 0 aliphatic carbocycles. The molecule has 0 aliphatic heterocycles. The van der Waals surface area contributed by atoms with E-state index in [1.165, 1.54) is 16.5 Å². The molecule has 3 aromatic rings. The van der Waals surface area contributed by atoms with E-state index in [0.29, 0.717) is 0 Å². The lowest BCUT2D eigenvalue weighted by Gasteiger charge is -2.09.